The molecule has 2 N–H and O–H groups in total. The Morgan fingerprint density at radius 2 is 2.07 bits per heavy atom. The summed E-state index contributed by atoms with van der Waals surface area (Å²) in [7, 11) is 0. The van der Waals surface area contributed by atoms with Gasteiger partial charge < -0.3 is 10.6 Å². The first-order valence-electron chi connectivity index (χ1n) is 5.49. The molecule has 0 radical (unpaired) electrons. The number of hydrogen-bond donors (Lipinski definition) is 1. The normalized spacial score (nSPS) is 25.3. The van der Waals surface area contributed by atoms with Gasteiger partial charge in [0, 0.05) is 25.2 Å². The van der Waals surface area contributed by atoms with Gasteiger partial charge in [-0.25, -0.2) is 0 Å². The molecule has 0 aromatic rings. The summed E-state index contributed by atoms with van der Waals surface area (Å²) in [6, 6.07) is 0.195. The number of carbonyl (C=O) groups excluding carboxylic acids is 1. The highest BCUT2D eigenvalue weighted by Gasteiger charge is 2.22. The Bertz CT molecular complexity index is 257. The lowest BCUT2D eigenvalue weighted by Crippen LogP contribution is -2.30. The van der Waals surface area contributed by atoms with Crippen LogP contribution in [0.25, 0.3) is 0 Å². The molecule has 2 rings (SSSR count). The summed E-state index contributed by atoms with van der Waals surface area (Å²) in [6.07, 6.45) is 7.52. The zero-order valence-electron chi connectivity index (χ0n) is 8.95. The number of amides is 1. The lowest BCUT2D eigenvalue weighted by molar-refractivity contribution is -0.125. The Morgan fingerprint density at radius 1 is 1.40 bits per heavy atom. The molecule has 1 amide bonds. The molecular weight excluding hydrogens is 212 g/mol. The second kappa shape index (κ2) is 5.52. The minimum atomic E-state index is 0. The van der Waals surface area contributed by atoms with Crippen LogP contribution in [0.5, 0.6) is 0 Å². The summed E-state index contributed by atoms with van der Waals surface area (Å²) < 4.78 is 0. The van der Waals surface area contributed by atoms with Crippen molar-refractivity contribution in [2.45, 2.75) is 38.1 Å². The molecule has 2 fully saturated rings. The zero-order chi connectivity index (χ0) is 9.97. The first-order valence-corrected chi connectivity index (χ1v) is 5.49. The molecule has 15 heavy (non-hydrogen) atoms. The van der Waals surface area contributed by atoms with E-state index in [0.717, 1.165) is 32.4 Å². The van der Waals surface area contributed by atoms with E-state index >= 15 is 0 Å². The highest BCUT2D eigenvalue weighted by atomic mass is 35.5. The molecule has 0 unspecified atom stereocenters. The van der Waals surface area contributed by atoms with Crippen molar-refractivity contribution >= 4 is 18.3 Å². The van der Waals surface area contributed by atoms with Gasteiger partial charge in [-0.1, -0.05) is 5.57 Å². The minimum Gasteiger partial charge on any atom is -0.338 e. The van der Waals surface area contributed by atoms with Crippen molar-refractivity contribution in [3.05, 3.63) is 11.6 Å². The number of nitrogens with zero attached hydrogens (tertiary/aromatic N) is 1. The molecule has 2 aliphatic rings. The van der Waals surface area contributed by atoms with Crippen LogP contribution in [0.3, 0.4) is 0 Å². The molecular formula is C11H19ClN2O. The summed E-state index contributed by atoms with van der Waals surface area (Å²) in [5, 5.41) is 0. The first kappa shape index (κ1) is 12.5. The van der Waals surface area contributed by atoms with Crippen LogP contribution in [-0.4, -0.2) is 29.9 Å². The number of allylic oxidation sites excluding steroid dienone is 1. The van der Waals surface area contributed by atoms with E-state index in [1.165, 1.54) is 18.4 Å². The zero-order valence-corrected chi connectivity index (χ0v) is 9.76. The number of carbonyl (C=O) groups is 1. The Hall–Kier alpha value is -0.540. The van der Waals surface area contributed by atoms with E-state index in [2.05, 4.69) is 0 Å². The average Bonchev–Trinajstić information content (AvgIpc) is 2.75. The van der Waals surface area contributed by atoms with Crippen LogP contribution in [0.4, 0.5) is 0 Å². The molecule has 86 valence electrons. The van der Waals surface area contributed by atoms with Crippen molar-refractivity contribution in [1.82, 2.24) is 4.90 Å². The van der Waals surface area contributed by atoms with Gasteiger partial charge in [-0.2, -0.15) is 0 Å². The molecule has 1 saturated heterocycles. The molecule has 0 bridgehead atoms. The predicted octanol–water partition coefficient (Wildman–Crippen LogP) is 1.47. The maximum Gasteiger partial charge on any atom is 0.246 e. The van der Waals surface area contributed by atoms with Crippen LogP contribution in [0, 0.1) is 0 Å². The van der Waals surface area contributed by atoms with Gasteiger partial charge in [-0.05, 0) is 32.1 Å². The Kier molecular flexibility index (Phi) is 4.61. The third kappa shape index (κ3) is 3.21. The highest BCUT2D eigenvalue weighted by molar-refractivity contribution is 5.88. The van der Waals surface area contributed by atoms with Crippen LogP contribution in [-0.2, 0) is 4.79 Å². The molecule has 1 atom stereocenters. The summed E-state index contributed by atoms with van der Waals surface area (Å²) in [6.45, 7) is 1.58. The number of halogens is 1. The summed E-state index contributed by atoms with van der Waals surface area (Å²) >= 11 is 0. The van der Waals surface area contributed by atoms with Gasteiger partial charge in [0.05, 0.1) is 0 Å². The van der Waals surface area contributed by atoms with Crippen molar-refractivity contribution in [2.75, 3.05) is 13.1 Å². The van der Waals surface area contributed by atoms with Crippen molar-refractivity contribution < 1.29 is 4.79 Å². The standard InChI is InChI=1S/C11H18N2O.ClH/c12-10-5-6-13(8-10)11(14)7-9-3-1-2-4-9;/h7,10H,1-6,8,12H2;1H/t10-;/m1./s1. The molecule has 1 aliphatic carbocycles. The third-order valence-electron chi connectivity index (χ3n) is 3.11. The van der Waals surface area contributed by atoms with Crippen molar-refractivity contribution in [3.63, 3.8) is 0 Å². The summed E-state index contributed by atoms with van der Waals surface area (Å²) in [5.74, 6) is 0.176. The van der Waals surface area contributed by atoms with Gasteiger partial charge in [0.2, 0.25) is 5.91 Å². The van der Waals surface area contributed by atoms with Gasteiger partial charge in [0.15, 0.2) is 0 Å². The lowest BCUT2D eigenvalue weighted by atomic mass is 10.2. The van der Waals surface area contributed by atoms with E-state index in [-0.39, 0.29) is 24.4 Å². The molecule has 0 aromatic carbocycles. The first-order chi connectivity index (χ1) is 6.75. The topological polar surface area (TPSA) is 46.3 Å². The largest absolute Gasteiger partial charge is 0.338 e. The quantitative estimate of drug-likeness (QED) is 0.694. The van der Waals surface area contributed by atoms with E-state index in [4.69, 9.17) is 5.73 Å². The van der Waals surface area contributed by atoms with Gasteiger partial charge in [-0.15, -0.1) is 12.4 Å². The third-order valence-corrected chi connectivity index (χ3v) is 3.11. The molecule has 3 nitrogen and oxygen atoms in total. The summed E-state index contributed by atoms with van der Waals surface area (Å²) in [4.78, 5) is 13.6. The number of rotatable bonds is 1. The van der Waals surface area contributed by atoms with Crippen LogP contribution in [0.1, 0.15) is 32.1 Å². The van der Waals surface area contributed by atoms with Crippen molar-refractivity contribution in [2.24, 2.45) is 5.73 Å². The molecule has 4 heteroatoms. The number of nitrogens with two attached hydrogens (primary N) is 1. The summed E-state index contributed by atoms with van der Waals surface area (Å²) in [5.41, 5.74) is 7.09. The van der Waals surface area contributed by atoms with Crippen LogP contribution < -0.4 is 5.73 Å². The lowest BCUT2D eigenvalue weighted by Gasteiger charge is -2.13. The van der Waals surface area contributed by atoms with E-state index in [0.29, 0.717) is 0 Å². The smallest absolute Gasteiger partial charge is 0.246 e. The van der Waals surface area contributed by atoms with Crippen LogP contribution >= 0.6 is 12.4 Å². The van der Waals surface area contributed by atoms with Crippen molar-refractivity contribution in [1.29, 1.82) is 0 Å². The van der Waals surface area contributed by atoms with Crippen LogP contribution in [0.2, 0.25) is 0 Å². The second-order valence-electron chi connectivity index (χ2n) is 4.34. The SMILES string of the molecule is Cl.N[C@@H]1CCN(C(=O)C=C2CCCC2)C1. The number of likely N-dealkylation sites (tertiary alicyclic amines) is 1. The van der Waals surface area contributed by atoms with Gasteiger partial charge in [-0.3, -0.25) is 4.79 Å². The van der Waals surface area contributed by atoms with E-state index in [1.807, 2.05) is 11.0 Å². The highest BCUT2D eigenvalue weighted by Crippen LogP contribution is 2.24. The van der Waals surface area contributed by atoms with E-state index in [9.17, 15) is 4.79 Å². The Labute approximate surface area is 97.1 Å². The van der Waals surface area contributed by atoms with Crippen molar-refractivity contribution in [3.8, 4) is 0 Å². The fourth-order valence-electron chi connectivity index (χ4n) is 2.23. The molecule has 0 aromatic heterocycles. The Balaban J connectivity index is 0.00000112. The van der Waals surface area contributed by atoms with E-state index in [1.54, 1.807) is 0 Å². The molecule has 1 saturated carbocycles. The van der Waals surface area contributed by atoms with Gasteiger partial charge >= 0.3 is 0 Å². The number of hydrogen-bond acceptors (Lipinski definition) is 2. The minimum absolute atomic E-state index is 0. The molecule has 1 heterocycles. The molecule has 1 aliphatic heterocycles. The van der Waals surface area contributed by atoms with Crippen LogP contribution in [0.15, 0.2) is 11.6 Å². The Morgan fingerprint density at radius 3 is 2.60 bits per heavy atom. The van der Waals surface area contributed by atoms with Gasteiger partial charge in [0.25, 0.3) is 0 Å². The maximum absolute atomic E-state index is 11.7. The maximum atomic E-state index is 11.7. The second-order valence-corrected chi connectivity index (χ2v) is 4.34. The van der Waals surface area contributed by atoms with Gasteiger partial charge in [0.1, 0.15) is 0 Å². The molecule has 0 spiro atoms. The monoisotopic (exact) mass is 230 g/mol. The fraction of sp³-hybridized carbons (Fsp3) is 0.727. The van der Waals surface area contributed by atoms with E-state index < -0.39 is 0 Å². The predicted molar refractivity (Wildman–Crippen MR) is 63.0 cm³/mol. The average molecular weight is 231 g/mol. The fourth-order valence-corrected chi connectivity index (χ4v) is 2.23.